The minimum atomic E-state index is -0.767. The minimum absolute atomic E-state index is 0.290. The van der Waals surface area contributed by atoms with E-state index in [1.807, 2.05) is 0 Å². The highest BCUT2D eigenvalue weighted by atomic mass is 16.6. The van der Waals surface area contributed by atoms with E-state index in [9.17, 15) is 9.59 Å². The molecule has 0 rings (SSSR count). The largest absolute Gasteiger partial charge is 0.465 e. The van der Waals surface area contributed by atoms with E-state index in [1.54, 1.807) is 13.8 Å². The molecule has 1 atom stereocenters. The summed E-state index contributed by atoms with van der Waals surface area (Å²) in [4.78, 5) is 23.5. The maximum absolute atomic E-state index is 11.7. The molecule has 0 spiro atoms. The van der Waals surface area contributed by atoms with E-state index in [2.05, 4.69) is 13.8 Å². The molecule has 18 heavy (non-hydrogen) atoms. The summed E-state index contributed by atoms with van der Waals surface area (Å²) < 4.78 is 9.87. The van der Waals surface area contributed by atoms with Gasteiger partial charge in [-0.2, -0.15) is 0 Å². The second-order valence-corrected chi connectivity index (χ2v) is 4.54. The molecule has 1 unspecified atom stereocenters. The molecule has 0 N–H and O–H groups in total. The van der Waals surface area contributed by atoms with Crippen molar-refractivity contribution in [2.75, 3.05) is 13.2 Å². The number of ether oxygens (including phenoxy) is 2. The number of unbranched alkanes of at least 4 members (excludes halogenated alkanes) is 1. The van der Waals surface area contributed by atoms with E-state index in [0.717, 1.165) is 19.3 Å². The molecule has 4 heteroatoms. The van der Waals surface area contributed by atoms with Gasteiger partial charge < -0.3 is 9.47 Å². The van der Waals surface area contributed by atoms with Crippen molar-refractivity contribution in [2.45, 2.75) is 53.4 Å². The molecule has 4 nitrogen and oxygen atoms in total. The third-order valence-corrected chi connectivity index (χ3v) is 2.83. The Hall–Kier alpha value is -1.06. The van der Waals surface area contributed by atoms with Gasteiger partial charge in [0.1, 0.15) is 0 Å². The Morgan fingerprint density at radius 2 is 1.50 bits per heavy atom. The molecule has 0 fully saturated rings. The summed E-state index contributed by atoms with van der Waals surface area (Å²) >= 11 is 0. The molecule has 0 saturated heterocycles. The van der Waals surface area contributed by atoms with Gasteiger partial charge in [0.25, 0.3) is 0 Å². The molecule has 0 aromatic rings. The maximum Gasteiger partial charge on any atom is 0.320 e. The van der Waals surface area contributed by atoms with Crippen molar-refractivity contribution in [2.24, 2.45) is 11.8 Å². The molecule has 0 aliphatic rings. The van der Waals surface area contributed by atoms with Crippen molar-refractivity contribution in [1.82, 2.24) is 0 Å². The predicted molar refractivity (Wildman–Crippen MR) is 70.1 cm³/mol. The second-order valence-electron chi connectivity index (χ2n) is 4.54. The lowest BCUT2D eigenvalue weighted by molar-refractivity contribution is -0.162. The summed E-state index contributed by atoms with van der Waals surface area (Å²) in [6.45, 7) is 8.24. The molecule has 0 aromatic carbocycles. The Labute approximate surface area is 110 Å². The van der Waals surface area contributed by atoms with Gasteiger partial charge in [-0.3, -0.25) is 9.59 Å². The Kier molecular flexibility index (Phi) is 9.33. The number of hydrogen-bond acceptors (Lipinski definition) is 4. The lowest BCUT2D eigenvalue weighted by Gasteiger charge is -2.18. The highest BCUT2D eigenvalue weighted by Crippen LogP contribution is 2.20. The zero-order chi connectivity index (χ0) is 14.0. The first kappa shape index (κ1) is 16.9. The number of carbonyl (C=O) groups excluding carboxylic acids is 2. The third-order valence-electron chi connectivity index (χ3n) is 2.83. The van der Waals surface area contributed by atoms with E-state index >= 15 is 0 Å². The zero-order valence-corrected chi connectivity index (χ0v) is 12.0. The fourth-order valence-corrected chi connectivity index (χ4v) is 1.85. The topological polar surface area (TPSA) is 52.6 Å². The van der Waals surface area contributed by atoms with Crippen LogP contribution in [0.4, 0.5) is 0 Å². The van der Waals surface area contributed by atoms with Gasteiger partial charge in [-0.25, -0.2) is 0 Å². The van der Waals surface area contributed by atoms with Crippen molar-refractivity contribution < 1.29 is 19.1 Å². The summed E-state index contributed by atoms with van der Waals surface area (Å²) in [5.41, 5.74) is 0. The molecule has 0 aliphatic carbocycles. The minimum Gasteiger partial charge on any atom is -0.465 e. The van der Waals surface area contributed by atoms with E-state index in [0.29, 0.717) is 12.3 Å². The normalized spacial score (nSPS) is 12.3. The first-order valence-electron chi connectivity index (χ1n) is 6.89. The van der Waals surface area contributed by atoms with Crippen LogP contribution >= 0.6 is 0 Å². The van der Waals surface area contributed by atoms with Crippen molar-refractivity contribution >= 4 is 11.9 Å². The molecule has 0 bridgehead atoms. The average Bonchev–Trinajstić information content (AvgIpc) is 2.33. The monoisotopic (exact) mass is 258 g/mol. The fraction of sp³-hybridized carbons (Fsp3) is 0.857. The summed E-state index contributed by atoms with van der Waals surface area (Å²) in [5.74, 6) is -1.36. The van der Waals surface area contributed by atoms with Crippen LogP contribution in [0.1, 0.15) is 53.4 Å². The SMILES string of the molecule is CCCCC(C)CC(C(=O)OCC)C(=O)OCC. The molecule has 0 radical (unpaired) electrons. The smallest absolute Gasteiger partial charge is 0.320 e. The van der Waals surface area contributed by atoms with E-state index < -0.39 is 17.9 Å². The Morgan fingerprint density at radius 3 is 1.89 bits per heavy atom. The van der Waals surface area contributed by atoms with Crippen LogP contribution in [-0.4, -0.2) is 25.2 Å². The number of hydrogen-bond donors (Lipinski definition) is 0. The standard InChI is InChI=1S/C14H26O4/c1-5-8-9-11(4)10-12(13(15)17-6-2)14(16)18-7-3/h11-12H,5-10H2,1-4H3. The third kappa shape index (κ3) is 6.62. The highest BCUT2D eigenvalue weighted by molar-refractivity contribution is 5.94. The Balaban J connectivity index is 4.45. The molecular weight excluding hydrogens is 232 g/mol. The quantitative estimate of drug-likeness (QED) is 0.471. The van der Waals surface area contributed by atoms with Gasteiger partial charge in [0.15, 0.2) is 5.92 Å². The highest BCUT2D eigenvalue weighted by Gasteiger charge is 2.30. The van der Waals surface area contributed by atoms with Crippen LogP contribution in [0.2, 0.25) is 0 Å². The first-order valence-corrected chi connectivity index (χ1v) is 6.89. The van der Waals surface area contributed by atoms with Gasteiger partial charge in [-0.15, -0.1) is 0 Å². The zero-order valence-electron chi connectivity index (χ0n) is 12.0. The van der Waals surface area contributed by atoms with Crippen LogP contribution in [0.3, 0.4) is 0 Å². The summed E-state index contributed by atoms with van der Waals surface area (Å²) in [7, 11) is 0. The van der Waals surface area contributed by atoms with Crippen molar-refractivity contribution in [3.05, 3.63) is 0 Å². The van der Waals surface area contributed by atoms with Crippen LogP contribution in [0.15, 0.2) is 0 Å². The van der Waals surface area contributed by atoms with E-state index in [4.69, 9.17) is 9.47 Å². The van der Waals surface area contributed by atoms with Crippen LogP contribution in [0.5, 0.6) is 0 Å². The van der Waals surface area contributed by atoms with Gasteiger partial charge in [0.05, 0.1) is 13.2 Å². The van der Waals surface area contributed by atoms with Crippen LogP contribution in [0, 0.1) is 11.8 Å². The lowest BCUT2D eigenvalue weighted by Crippen LogP contribution is -2.29. The van der Waals surface area contributed by atoms with Crippen LogP contribution in [0.25, 0.3) is 0 Å². The molecule has 0 amide bonds. The molecular formula is C14H26O4. The van der Waals surface area contributed by atoms with E-state index in [-0.39, 0.29) is 13.2 Å². The Morgan fingerprint density at radius 1 is 1.00 bits per heavy atom. The number of esters is 2. The molecule has 0 heterocycles. The molecule has 0 aromatic heterocycles. The van der Waals surface area contributed by atoms with Gasteiger partial charge in [-0.1, -0.05) is 33.1 Å². The van der Waals surface area contributed by atoms with Gasteiger partial charge in [0, 0.05) is 0 Å². The average molecular weight is 258 g/mol. The lowest BCUT2D eigenvalue weighted by atomic mass is 9.92. The number of carbonyl (C=O) groups is 2. The van der Waals surface area contributed by atoms with E-state index in [1.165, 1.54) is 0 Å². The summed E-state index contributed by atoms with van der Waals surface area (Å²) in [6, 6.07) is 0. The van der Waals surface area contributed by atoms with Crippen LogP contribution in [-0.2, 0) is 19.1 Å². The molecule has 0 saturated carbocycles. The maximum atomic E-state index is 11.7. The second kappa shape index (κ2) is 9.92. The van der Waals surface area contributed by atoms with Crippen molar-refractivity contribution in [3.63, 3.8) is 0 Å². The van der Waals surface area contributed by atoms with Crippen molar-refractivity contribution in [3.8, 4) is 0 Å². The first-order chi connectivity index (χ1) is 8.56. The summed E-state index contributed by atoms with van der Waals surface area (Å²) in [5, 5.41) is 0. The summed E-state index contributed by atoms with van der Waals surface area (Å²) in [6.07, 6.45) is 3.76. The fourth-order valence-electron chi connectivity index (χ4n) is 1.85. The van der Waals surface area contributed by atoms with Crippen LogP contribution < -0.4 is 0 Å². The molecule has 0 aliphatic heterocycles. The van der Waals surface area contributed by atoms with Gasteiger partial charge in [-0.05, 0) is 26.2 Å². The van der Waals surface area contributed by atoms with Gasteiger partial charge in [0.2, 0.25) is 0 Å². The predicted octanol–water partition coefficient (Wildman–Crippen LogP) is 2.95. The Bertz CT molecular complexity index is 232. The number of rotatable bonds is 9. The van der Waals surface area contributed by atoms with Crippen molar-refractivity contribution in [1.29, 1.82) is 0 Å². The molecule has 106 valence electrons. The van der Waals surface area contributed by atoms with Gasteiger partial charge >= 0.3 is 11.9 Å².